The third-order valence-corrected chi connectivity index (χ3v) is 4.23. The zero-order valence-electron chi connectivity index (χ0n) is 16.1. The van der Waals surface area contributed by atoms with Gasteiger partial charge in [0.2, 0.25) is 0 Å². The summed E-state index contributed by atoms with van der Waals surface area (Å²) >= 11 is 0. The number of aromatic nitrogens is 1. The molecule has 0 amide bonds. The molecule has 0 aliphatic heterocycles. The first-order valence-electron chi connectivity index (χ1n) is 9.91. The summed E-state index contributed by atoms with van der Waals surface area (Å²) in [5, 5.41) is 28.8. The Morgan fingerprint density at radius 3 is 2.69 bits per heavy atom. The Balaban J connectivity index is 2.40. The van der Waals surface area contributed by atoms with E-state index in [0.717, 1.165) is 30.7 Å². The number of rotatable bonds is 14. The summed E-state index contributed by atoms with van der Waals surface area (Å²) in [6.45, 7) is 2.36. The molecule has 4 nitrogen and oxygen atoms in total. The van der Waals surface area contributed by atoms with E-state index in [9.17, 15) is 10.2 Å². The Hall–Kier alpha value is -1.49. The van der Waals surface area contributed by atoms with Crippen LogP contribution in [-0.4, -0.2) is 39.1 Å². The first kappa shape index (κ1) is 22.6. The van der Waals surface area contributed by atoms with Crippen LogP contribution in [0.2, 0.25) is 0 Å². The highest BCUT2D eigenvalue weighted by atomic mass is 16.3. The normalized spacial score (nSPS) is 14.3. The molecule has 1 rings (SSSR count). The van der Waals surface area contributed by atoms with E-state index in [1.807, 2.05) is 30.4 Å². The molecule has 0 aromatic carbocycles. The van der Waals surface area contributed by atoms with Crippen molar-refractivity contribution in [2.75, 3.05) is 6.61 Å². The molecule has 0 unspecified atom stereocenters. The maximum absolute atomic E-state index is 10.0. The Bertz CT molecular complexity index is 528. The molecule has 1 heterocycles. The molecule has 0 aliphatic carbocycles. The minimum atomic E-state index is -0.507. The van der Waals surface area contributed by atoms with E-state index < -0.39 is 12.2 Å². The van der Waals surface area contributed by atoms with Gasteiger partial charge in [0.05, 0.1) is 17.9 Å². The van der Waals surface area contributed by atoms with Crippen molar-refractivity contribution in [1.82, 2.24) is 4.98 Å². The highest BCUT2D eigenvalue weighted by molar-refractivity contribution is 5.45. The summed E-state index contributed by atoms with van der Waals surface area (Å²) in [5.41, 5.74) is 1.63. The lowest BCUT2D eigenvalue weighted by atomic mass is 10.1. The fourth-order valence-electron chi connectivity index (χ4n) is 2.69. The fourth-order valence-corrected chi connectivity index (χ4v) is 2.69. The second-order valence-corrected chi connectivity index (χ2v) is 6.76. The monoisotopic (exact) mass is 361 g/mol. The van der Waals surface area contributed by atoms with Gasteiger partial charge in [0.1, 0.15) is 0 Å². The van der Waals surface area contributed by atoms with Crippen LogP contribution in [0.5, 0.6) is 0 Å². The Labute approximate surface area is 158 Å². The fraction of sp³-hybridized carbons (Fsp3) is 0.591. The van der Waals surface area contributed by atoms with Crippen LogP contribution in [0.4, 0.5) is 0 Å². The predicted molar refractivity (Wildman–Crippen MR) is 108 cm³/mol. The van der Waals surface area contributed by atoms with Crippen molar-refractivity contribution in [2.45, 2.75) is 76.9 Å². The first-order chi connectivity index (χ1) is 12.7. The van der Waals surface area contributed by atoms with Crippen LogP contribution < -0.4 is 0 Å². The highest BCUT2D eigenvalue weighted by Gasteiger charge is 2.06. The van der Waals surface area contributed by atoms with Gasteiger partial charge in [-0.2, -0.15) is 0 Å². The highest BCUT2D eigenvalue weighted by Crippen LogP contribution is 2.10. The van der Waals surface area contributed by atoms with Gasteiger partial charge in [-0.05, 0) is 56.7 Å². The molecular weight excluding hydrogens is 326 g/mol. The number of unbranched alkanes of at least 4 members (excludes halogenated alkanes) is 4. The van der Waals surface area contributed by atoms with Crippen LogP contribution >= 0.6 is 0 Å². The van der Waals surface area contributed by atoms with Gasteiger partial charge in [0.25, 0.3) is 0 Å². The minimum Gasteiger partial charge on any atom is -0.396 e. The lowest BCUT2D eigenvalue weighted by Crippen LogP contribution is -2.11. The number of pyridine rings is 1. The van der Waals surface area contributed by atoms with E-state index in [1.54, 1.807) is 6.08 Å². The summed E-state index contributed by atoms with van der Waals surface area (Å²) in [6.07, 6.45) is 14.9. The van der Waals surface area contributed by atoms with E-state index in [1.165, 1.54) is 19.3 Å². The van der Waals surface area contributed by atoms with Gasteiger partial charge in [0, 0.05) is 18.7 Å². The SMILES string of the molecule is CCCCCC=CC[C@@H](O)/C=C/c1cccc(C[C@@H](O)CCCCO)n1. The van der Waals surface area contributed by atoms with Gasteiger partial charge in [0.15, 0.2) is 0 Å². The van der Waals surface area contributed by atoms with E-state index in [-0.39, 0.29) is 6.61 Å². The Morgan fingerprint density at radius 2 is 1.92 bits per heavy atom. The minimum absolute atomic E-state index is 0.168. The predicted octanol–water partition coefficient (Wildman–Crippen LogP) is 4.05. The van der Waals surface area contributed by atoms with E-state index in [0.29, 0.717) is 19.3 Å². The molecule has 0 fully saturated rings. The molecule has 3 N–H and O–H groups in total. The second kappa shape index (κ2) is 14.7. The molecule has 1 aromatic heterocycles. The topological polar surface area (TPSA) is 73.6 Å². The summed E-state index contributed by atoms with van der Waals surface area (Å²) in [4.78, 5) is 4.52. The van der Waals surface area contributed by atoms with Crippen molar-refractivity contribution in [3.8, 4) is 0 Å². The lowest BCUT2D eigenvalue weighted by molar-refractivity contribution is 0.156. The first-order valence-corrected chi connectivity index (χ1v) is 9.91. The molecule has 0 saturated carbocycles. The van der Waals surface area contributed by atoms with E-state index in [2.05, 4.69) is 18.0 Å². The molecular formula is C22H35NO3. The Kier molecular flexibility index (Phi) is 12.7. The Morgan fingerprint density at radius 1 is 1.08 bits per heavy atom. The average Bonchev–Trinajstić information content (AvgIpc) is 2.63. The maximum Gasteiger partial charge on any atom is 0.0759 e. The number of hydrogen-bond donors (Lipinski definition) is 3. The van der Waals surface area contributed by atoms with Gasteiger partial charge < -0.3 is 15.3 Å². The average molecular weight is 362 g/mol. The third-order valence-electron chi connectivity index (χ3n) is 4.23. The van der Waals surface area contributed by atoms with Crippen molar-refractivity contribution in [1.29, 1.82) is 0 Å². The standard InChI is InChI=1S/C22H35NO3/c1-2-3-4-5-6-7-13-21(25)16-15-19-11-10-12-20(23-19)18-22(26)14-8-9-17-24/h6-7,10-12,15-16,21-22,24-26H,2-5,8-9,13-14,17-18H2,1H3/b7-6?,16-15+/t21-,22+/m1/s1. The van der Waals surface area contributed by atoms with E-state index in [4.69, 9.17) is 5.11 Å². The zero-order valence-corrected chi connectivity index (χ0v) is 16.1. The van der Waals surface area contributed by atoms with Gasteiger partial charge in [-0.3, -0.25) is 4.98 Å². The molecule has 26 heavy (non-hydrogen) atoms. The van der Waals surface area contributed by atoms with Crippen LogP contribution in [0.3, 0.4) is 0 Å². The van der Waals surface area contributed by atoms with Crippen molar-refractivity contribution >= 4 is 6.08 Å². The van der Waals surface area contributed by atoms with Gasteiger partial charge in [-0.15, -0.1) is 0 Å². The lowest BCUT2D eigenvalue weighted by Gasteiger charge is -2.10. The van der Waals surface area contributed by atoms with E-state index >= 15 is 0 Å². The van der Waals surface area contributed by atoms with Gasteiger partial charge in [-0.1, -0.05) is 44.1 Å². The molecule has 0 saturated heterocycles. The molecule has 0 radical (unpaired) electrons. The quantitative estimate of drug-likeness (QED) is 0.345. The van der Waals surface area contributed by atoms with Crippen LogP contribution in [-0.2, 0) is 6.42 Å². The number of nitrogens with zero attached hydrogens (tertiary/aromatic N) is 1. The summed E-state index contributed by atoms with van der Waals surface area (Å²) in [7, 11) is 0. The van der Waals surface area contributed by atoms with Gasteiger partial charge in [-0.25, -0.2) is 0 Å². The van der Waals surface area contributed by atoms with Crippen molar-refractivity contribution in [3.05, 3.63) is 47.8 Å². The smallest absolute Gasteiger partial charge is 0.0759 e. The molecule has 4 heteroatoms. The molecule has 1 aromatic rings. The molecule has 2 atom stereocenters. The van der Waals surface area contributed by atoms with Crippen LogP contribution in [0.25, 0.3) is 6.08 Å². The van der Waals surface area contributed by atoms with Crippen molar-refractivity contribution in [3.63, 3.8) is 0 Å². The summed E-state index contributed by atoms with van der Waals surface area (Å²) < 4.78 is 0. The summed E-state index contributed by atoms with van der Waals surface area (Å²) in [6, 6.07) is 5.72. The molecule has 0 aliphatic rings. The van der Waals surface area contributed by atoms with Gasteiger partial charge >= 0.3 is 0 Å². The zero-order chi connectivity index (χ0) is 19.0. The number of aliphatic hydroxyl groups excluding tert-OH is 3. The summed E-state index contributed by atoms with van der Waals surface area (Å²) in [5.74, 6) is 0. The van der Waals surface area contributed by atoms with Crippen LogP contribution in [0.15, 0.2) is 36.4 Å². The third kappa shape index (κ3) is 11.2. The van der Waals surface area contributed by atoms with Crippen molar-refractivity contribution in [2.24, 2.45) is 0 Å². The number of hydrogen-bond acceptors (Lipinski definition) is 4. The molecule has 0 spiro atoms. The second-order valence-electron chi connectivity index (χ2n) is 6.76. The number of aliphatic hydroxyl groups is 3. The van der Waals surface area contributed by atoms with Crippen LogP contribution in [0.1, 0.15) is 69.7 Å². The molecule has 146 valence electrons. The van der Waals surface area contributed by atoms with Crippen molar-refractivity contribution < 1.29 is 15.3 Å². The number of allylic oxidation sites excluding steroid dienone is 1. The molecule has 0 bridgehead atoms. The largest absolute Gasteiger partial charge is 0.396 e. The van der Waals surface area contributed by atoms with Crippen LogP contribution in [0, 0.1) is 0 Å². The maximum atomic E-state index is 10.0.